The van der Waals surface area contributed by atoms with Crippen LogP contribution in [0.5, 0.6) is 0 Å². The van der Waals surface area contributed by atoms with Gasteiger partial charge in [-0.1, -0.05) is 43.7 Å². The minimum Gasteiger partial charge on any atom is -0.462 e. The molecule has 0 saturated heterocycles. The SMILES string of the molecule is CCC1CCCCC1OC(=O)CCC(N)c1ccccc1. The molecule has 1 aliphatic carbocycles. The molecule has 0 amide bonds. The molecule has 3 unspecified atom stereocenters. The molecule has 0 aromatic heterocycles. The van der Waals surface area contributed by atoms with Gasteiger partial charge in [-0.05, 0) is 43.6 Å². The summed E-state index contributed by atoms with van der Waals surface area (Å²) in [6.45, 7) is 2.18. The Morgan fingerprint density at radius 3 is 2.71 bits per heavy atom. The zero-order chi connectivity index (χ0) is 15.1. The third-order valence-electron chi connectivity index (χ3n) is 4.53. The van der Waals surface area contributed by atoms with Gasteiger partial charge in [-0.2, -0.15) is 0 Å². The Bertz CT molecular complexity index is 432. The highest BCUT2D eigenvalue weighted by Gasteiger charge is 2.26. The molecule has 0 heterocycles. The van der Waals surface area contributed by atoms with Gasteiger partial charge in [-0.3, -0.25) is 4.79 Å². The van der Waals surface area contributed by atoms with Crippen molar-refractivity contribution in [3.8, 4) is 0 Å². The maximum Gasteiger partial charge on any atom is 0.306 e. The Balaban J connectivity index is 1.76. The summed E-state index contributed by atoms with van der Waals surface area (Å²) in [6, 6.07) is 9.84. The van der Waals surface area contributed by atoms with Crippen molar-refractivity contribution >= 4 is 5.97 Å². The van der Waals surface area contributed by atoms with Gasteiger partial charge in [0.2, 0.25) is 0 Å². The van der Waals surface area contributed by atoms with Crippen LogP contribution in [0.1, 0.15) is 63.5 Å². The fraction of sp³-hybridized carbons (Fsp3) is 0.611. The van der Waals surface area contributed by atoms with Crippen LogP contribution in [-0.2, 0) is 9.53 Å². The van der Waals surface area contributed by atoms with Crippen molar-refractivity contribution < 1.29 is 9.53 Å². The van der Waals surface area contributed by atoms with Gasteiger partial charge in [0, 0.05) is 12.5 Å². The molecular formula is C18H27NO2. The second kappa shape index (κ2) is 8.18. The van der Waals surface area contributed by atoms with E-state index in [1.165, 1.54) is 19.3 Å². The molecule has 0 spiro atoms. The number of hydrogen-bond donors (Lipinski definition) is 1. The molecule has 0 aliphatic heterocycles. The van der Waals surface area contributed by atoms with Gasteiger partial charge in [-0.25, -0.2) is 0 Å². The molecule has 21 heavy (non-hydrogen) atoms. The summed E-state index contributed by atoms with van der Waals surface area (Å²) >= 11 is 0. The van der Waals surface area contributed by atoms with E-state index in [0.717, 1.165) is 18.4 Å². The van der Waals surface area contributed by atoms with Gasteiger partial charge >= 0.3 is 5.97 Å². The molecule has 2 rings (SSSR count). The molecule has 2 N–H and O–H groups in total. The third-order valence-corrected chi connectivity index (χ3v) is 4.53. The van der Waals surface area contributed by atoms with Crippen LogP contribution in [-0.4, -0.2) is 12.1 Å². The number of rotatable bonds is 6. The number of carbonyl (C=O) groups is 1. The van der Waals surface area contributed by atoms with Crippen LogP contribution >= 0.6 is 0 Å². The average molecular weight is 289 g/mol. The summed E-state index contributed by atoms with van der Waals surface area (Å²) in [6.07, 6.45) is 6.94. The Kier molecular flexibility index (Phi) is 6.24. The molecule has 3 nitrogen and oxygen atoms in total. The van der Waals surface area contributed by atoms with Crippen molar-refractivity contribution in [1.29, 1.82) is 0 Å². The van der Waals surface area contributed by atoms with Crippen molar-refractivity contribution in [2.75, 3.05) is 0 Å². The second-order valence-electron chi connectivity index (χ2n) is 6.04. The predicted octanol–water partition coefficient (Wildman–Crippen LogP) is 3.98. The van der Waals surface area contributed by atoms with Gasteiger partial charge in [0.05, 0.1) is 0 Å². The smallest absolute Gasteiger partial charge is 0.306 e. The lowest BCUT2D eigenvalue weighted by atomic mass is 9.85. The van der Waals surface area contributed by atoms with Crippen LogP contribution in [0.15, 0.2) is 30.3 Å². The fourth-order valence-corrected chi connectivity index (χ4v) is 3.16. The molecule has 1 fully saturated rings. The van der Waals surface area contributed by atoms with E-state index >= 15 is 0 Å². The summed E-state index contributed by atoms with van der Waals surface area (Å²) in [4.78, 5) is 12.0. The van der Waals surface area contributed by atoms with Crippen molar-refractivity contribution in [3.05, 3.63) is 35.9 Å². The Labute approximate surface area is 127 Å². The normalized spacial score (nSPS) is 23.5. The first-order chi connectivity index (χ1) is 10.2. The van der Waals surface area contributed by atoms with E-state index in [9.17, 15) is 4.79 Å². The summed E-state index contributed by atoms with van der Waals surface area (Å²) in [5.74, 6) is 0.456. The van der Waals surface area contributed by atoms with Gasteiger partial charge in [-0.15, -0.1) is 0 Å². The standard InChI is InChI=1S/C18H27NO2/c1-2-14-8-6-7-11-17(14)21-18(20)13-12-16(19)15-9-4-3-5-10-15/h3-5,9-10,14,16-17H,2,6-8,11-13,19H2,1H3. The van der Waals surface area contributed by atoms with E-state index in [1.807, 2.05) is 30.3 Å². The van der Waals surface area contributed by atoms with Crippen LogP contribution in [0.3, 0.4) is 0 Å². The largest absolute Gasteiger partial charge is 0.462 e. The van der Waals surface area contributed by atoms with Crippen molar-refractivity contribution in [2.45, 2.75) is 64.0 Å². The number of hydrogen-bond acceptors (Lipinski definition) is 3. The zero-order valence-electron chi connectivity index (χ0n) is 13.0. The maximum atomic E-state index is 12.0. The topological polar surface area (TPSA) is 52.3 Å². The first-order valence-corrected chi connectivity index (χ1v) is 8.20. The van der Waals surface area contributed by atoms with Crippen LogP contribution < -0.4 is 5.73 Å². The first-order valence-electron chi connectivity index (χ1n) is 8.20. The summed E-state index contributed by atoms with van der Waals surface area (Å²) in [5, 5.41) is 0. The number of esters is 1. The number of nitrogens with two attached hydrogens (primary N) is 1. The molecule has 0 bridgehead atoms. The van der Waals surface area contributed by atoms with E-state index in [0.29, 0.717) is 18.8 Å². The summed E-state index contributed by atoms with van der Waals surface area (Å²) < 4.78 is 5.69. The molecule has 1 aromatic carbocycles. The van der Waals surface area contributed by atoms with Gasteiger partial charge in [0.15, 0.2) is 0 Å². The first kappa shape index (κ1) is 16.0. The van der Waals surface area contributed by atoms with E-state index in [1.54, 1.807) is 0 Å². The lowest BCUT2D eigenvalue weighted by Gasteiger charge is -2.30. The van der Waals surface area contributed by atoms with Gasteiger partial charge in [0.1, 0.15) is 6.10 Å². The lowest BCUT2D eigenvalue weighted by Crippen LogP contribution is -2.30. The van der Waals surface area contributed by atoms with E-state index in [2.05, 4.69) is 6.92 Å². The maximum absolute atomic E-state index is 12.0. The van der Waals surface area contributed by atoms with Crippen LogP contribution in [0.25, 0.3) is 0 Å². The zero-order valence-corrected chi connectivity index (χ0v) is 13.0. The van der Waals surface area contributed by atoms with E-state index in [-0.39, 0.29) is 18.1 Å². The molecule has 1 aromatic rings. The Morgan fingerprint density at radius 1 is 1.29 bits per heavy atom. The lowest BCUT2D eigenvalue weighted by molar-refractivity contribution is -0.153. The molecule has 116 valence electrons. The van der Waals surface area contributed by atoms with Crippen LogP contribution in [0, 0.1) is 5.92 Å². The average Bonchev–Trinajstić information content (AvgIpc) is 2.54. The Hall–Kier alpha value is -1.35. The van der Waals surface area contributed by atoms with Gasteiger partial charge in [0.25, 0.3) is 0 Å². The molecule has 3 heteroatoms. The molecule has 1 saturated carbocycles. The highest BCUT2D eigenvalue weighted by atomic mass is 16.5. The third kappa shape index (κ3) is 4.85. The van der Waals surface area contributed by atoms with Gasteiger partial charge < -0.3 is 10.5 Å². The van der Waals surface area contributed by atoms with E-state index < -0.39 is 0 Å². The quantitative estimate of drug-likeness (QED) is 0.806. The van der Waals surface area contributed by atoms with Crippen molar-refractivity contribution in [1.82, 2.24) is 0 Å². The molecule has 1 aliphatic rings. The van der Waals surface area contributed by atoms with Crippen molar-refractivity contribution in [3.63, 3.8) is 0 Å². The second-order valence-corrected chi connectivity index (χ2v) is 6.04. The fourth-order valence-electron chi connectivity index (χ4n) is 3.16. The monoisotopic (exact) mass is 289 g/mol. The number of benzene rings is 1. The summed E-state index contributed by atoms with van der Waals surface area (Å²) in [5.41, 5.74) is 7.20. The molecular weight excluding hydrogens is 262 g/mol. The number of carbonyl (C=O) groups excluding carboxylic acids is 1. The minimum absolute atomic E-state index is 0.0907. The predicted molar refractivity (Wildman–Crippen MR) is 84.7 cm³/mol. The van der Waals surface area contributed by atoms with E-state index in [4.69, 9.17) is 10.5 Å². The van der Waals surface area contributed by atoms with Crippen LogP contribution in [0.2, 0.25) is 0 Å². The number of ether oxygens (including phenoxy) is 1. The van der Waals surface area contributed by atoms with Crippen molar-refractivity contribution in [2.24, 2.45) is 11.7 Å². The highest BCUT2D eigenvalue weighted by molar-refractivity contribution is 5.69. The minimum atomic E-state index is -0.0910. The van der Waals surface area contributed by atoms with Crippen LogP contribution in [0.4, 0.5) is 0 Å². The molecule has 0 radical (unpaired) electrons. The molecule has 3 atom stereocenters. The summed E-state index contributed by atoms with van der Waals surface area (Å²) in [7, 11) is 0. The Morgan fingerprint density at radius 2 is 2.00 bits per heavy atom. The highest BCUT2D eigenvalue weighted by Crippen LogP contribution is 2.29.